The van der Waals surface area contributed by atoms with Crippen molar-refractivity contribution >= 4 is 34.1 Å². The molecule has 0 saturated heterocycles. The first-order valence-electron chi connectivity index (χ1n) is 8.54. The number of benzene rings is 3. The molecule has 3 heterocycles. The molecule has 6 heteroatoms. The maximum atomic E-state index is 12.2. The molecule has 0 spiro atoms. The minimum atomic E-state index is -1.07. The molecule has 0 amide bonds. The molecule has 2 aliphatic rings. The topological polar surface area (TPSA) is 73.0 Å². The van der Waals surface area contributed by atoms with Gasteiger partial charge in [-0.1, -0.05) is 30.3 Å². The van der Waals surface area contributed by atoms with E-state index in [1.54, 1.807) is 12.3 Å². The Balaban J connectivity index is 1.84. The number of rotatable bonds is 0. The van der Waals surface area contributed by atoms with Crippen molar-refractivity contribution < 1.29 is 19.4 Å². The van der Waals surface area contributed by atoms with Gasteiger partial charge >= 0.3 is 6.09 Å². The fraction of sp³-hybridized carbons (Fsp3) is 0.0476. The van der Waals surface area contributed by atoms with Crippen molar-refractivity contribution in [1.29, 1.82) is 0 Å². The number of carboxylic acid groups (broad SMARTS) is 1. The third kappa shape index (κ3) is 1.74. The van der Waals surface area contributed by atoms with Gasteiger partial charge in [0.2, 0.25) is 0 Å². The maximum Gasteiger partial charge on any atom is 0.416 e. The first kappa shape index (κ1) is 14.4. The summed E-state index contributed by atoms with van der Waals surface area (Å²) < 4.78 is 13.6. The van der Waals surface area contributed by atoms with E-state index < -0.39 is 6.09 Å². The molecule has 0 atom stereocenters. The van der Waals surface area contributed by atoms with E-state index >= 15 is 0 Å². The Kier molecular flexibility index (Phi) is 2.60. The van der Waals surface area contributed by atoms with Gasteiger partial charge in [-0.25, -0.2) is 9.36 Å². The lowest BCUT2D eigenvalue weighted by Crippen LogP contribution is -2.10. The van der Waals surface area contributed by atoms with Crippen LogP contribution in [0.2, 0.25) is 0 Å². The van der Waals surface area contributed by atoms with E-state index in [9.17, 15) is 9.90 Å². The zero-order valence-electron chi connectivity index (χ0n) is 14.0. The van der Waals surface area contributed by atoms with Crippen molar-refractivity contribution in [2.75, 3.05) is 0 Å². The molecule has 0 radical (unpaired) electrons. The molecular weight excluding hydrogens is 344 g/mol. The third-order valence-corrected chi connectivity index (χ3v) is 5.10. The molecule has 27 heavy (non-hydrogen) atoms. The van der Waals surface area contributed by atoms with Crippen LogP contribution in [0.4, 0.5) is 4.79 Å². The first-order valence-corrected chi connectivity index (χ1v) is 8.54. The Bertz CT molecular complexity index is 1330. The molecule has 6 rings (SSSR count). The summed E-state index contributed by atoms with van der Waals surface area (Å²) in [7, 11) is 0. The smallest absolute Gasteiger partial charge is 0.416 e. The summed E-state index contributed by atoms with van der Waals surface area (Å²) in [6.07, 6.45) is 0.723. The van der Waals surface area contributed by atoms with Crippen LogP contribution in [0.25, 0.3) is 21.8 Å². The van der Waals surface area contributed by atoms with Crippen LogP contribution in [-0.2, 0) is 6.54 Å². The average molecular weight is 356 g/mol. The van der Waals surface area contributed by atoms with Gasteiger partial charge in [-0.05, 0) is 18.2 Å². The van der Waals surface area contributed by atoms with Crippen LogP contribution in [0.5, 0.6) is 23.0 Å². The van der Waals surface area contributed by atoms with E-state index in [2.05, 4.69) is 4.99 Å². The van der Waals surface area contributed by atoms with Gasteiger partial charge in [-0.2, -0.15) is 0 Å². The van der Waals surface area contributed by atoms with Crippen molar-refractivity contribution in [1.82, 2.24) is 4.57 Å². The van der Waals surface area contributed by atoms with E-state index in [0.29, 0.717) is 40.6 Å². The van der Waals surface area contributed by atoms with Gasteiger partial charge < -0.3 is 14.6 Å². The highest BCUT2D eigenvalue weighted by molar-refractivity contribution is 6.21. The van der Waals surface area contributed by atoms with E-state index in [1.807, 2.05) is 42.5 Å². The Morgan fingerprint density at radius 3 is 2.48 bits per heavy atom. The summed E-state index contributed by atoms with van der Waals surface area (Å²) in [5, 5.41) is 11.6. The summed E-state index contributed by atoms with van der Waals surface area (Å²) >= 11 is 0. The molecular formula is C21H12N2O4. The van der Waals surface area contributed by atoms with Crippen LogP contribution in [-0.4, -0.2) is 22.0 Å². The Hall–Kier alpha value is -3.80. The second-order valence-corrected chi connectivity index (χ2v) is 6.53. The van der Waals surface area contributed by atoms with Gasteiger partial charge in [0.15, 0.2) is 23.0 Å². The SMILES string of the molecule is O=C(O)n1c2ccccc2c2c3c(c4c(c21)Oc1ccccc1O4)CN=C3. The second-order valence-electron chi connectivity index (χ2n) is 6.53. The fourth-order valence-electron chi connectivity index (χ4n) is 4.01. The highest BCUT2D eigenvalue weighted by atomic mass is 16.6. The lowest BCUT2D eigenvalue weighted by molar-refractivity contribution is 0.198. The number of ether oxygens (including phenoxy) is 2. The average Bonchev–Trinajstić information content (AvgIpc) is 3.29. The molecule has 0 aliphatic carbocycles. The lowest BCUT2D eigenvalue weighted by atomic mass is 10.0. The van der Waals surface area contributed by atoms with Gasteiger partial charge in [0.25, 0.3) is 0 Å². The molecule has 0 fully saturated rings. The predicted octanol–water partition coefficient (Wildman–Crippen LogP) is 5.15. The Morgan fingerprint density at radius 1 is 1.00 bits per heavy atom. The standard InChI is InChI=1S/C21H12N2O4/c24-21(25)23-14-6-2-1-5-11(14)17-12-9-22-10-13(12)19-20(18(17)23)27-16-8-4-3-7-15(16)26-19/h1-9H,10H2,(H,24,25). The van der Waals surface area contributed by atoms with Crippen molar-refractivity contribution in [3.63, 3.8) is 0 Å². The van der Waals surface area contributed by atoms with Crippen molar-refractivity contribution in [2.45, 2.75) is 6.54 Å². The number of fused-ring (bicyclic) bond motifs is 9. The molecule has 130 valence electrons. The first-order chi connectivity index (χ1) is 13.2. The lowest BCUT2D eigenvalue weighted by Gasteiger charge is -2.24. The van der Waals surface area contributed by atoms with E-state index in [0.717, 1.165) is 21.9 Å². The number of aliphatic imine (C=N–C) groups is 1. The zero-order valence-corrected chi connectivity index (χ0v) is 14.0. The second kappa shape index (κ2) is 4.88. The Labute approximate surface area is 152 Å². The molecule has 1 aromatic heterocycles. The van der Waals surface area contributed by atoms with Gasteiger partial charge in [-0.3, -0.25) is 4.99 Å². The van der Waals surface area contributed by atoms with Gasteiger partial charge in [-0.15, -0.1) is 0 Å². The summed E-state index contributed by atoms with van der Waals surface area (Å²) in [6, 6.07) is 14.8. The van der Waals surface area contributed by atoms with Crippen molar-refractivity contribution in [3.05, 3.63) is 59.7 Å². The highest BCUT2D eigenvalue weighted by Gasteiger charge is 2.33. The summed E-state index contributed by atoms with van der Waals surface area (Å²) in [5.41, 5.74) is 2.90. The number of nitrogens with zero attached hydrogens (tertiary/aromatic N) is 2. The van der Waals surface area contributed by atoms with Crippen molar-refractivity contribution in [3.8, 4) is 23.0 Å². The molecule has 6 nitrogen and oxygen atoms in total. The number of hydrogen-bond acceptors (Lipinski definition) is 4. The summed E-state index contributed by atoms with van der Waals surface area (Å²) in [6.45, 7) is 0.478. The molecule has 0 saturated carbocycles. The van der Waals surface area contributed by atoms with Gasteiger partial charge in [0.1, 0.15) is 5.52 Å². The van der Waals surface area contributed by atoms with Crippen LogP contribution < -0.4 is 9.47 Å². The molecule has 3 aromatic carbocycles. The maximum absolute atomic E-state index is 12.2. The predicted molar refractivity (Wildman–Crippen MR) is 101 cm³/mol. The normalized spacial score (nSPS) is 13.8. The number of aromatic nitrogens is 1. The largest absolute Gasteiger partial charge is 0.464 e. The van der Waals surface area contributed by atoms with E-state index in [1.165, 1.54) is 4.57 Å². The monoisotopic (exact) mass is 356 g/mol. The van der Waals surface area contributed by atoms with Crippen LogP contribution in [0, 0.1) is 0 Å². The Morgan fingerprint density at radius 2 is 1.70 bits per heavy atom. The van der Waals surface area contributed by atoms with Crippen LogP contribution in [0.15, 0.2) is 53.5 Å². The van der Waals surface area contributed by atoms with Crippen molar-refractivity contribution in [2.24, 2.45) is 4.99 Å². The fourth-order valence-corrected chi connectivity index (χ4v) is 4.01. The summed E-state index contributed by atoms with van der Waals surface area (Å²) in [5.74, 6) is 2.13. The molecule has 2 aliphatic heterocycles. The zero-order chi connectivity index (χ0) is 18.1. The van der Waals surface area contributed by atoms with Gasteiger partial charge in [0, 0.05) is 28.1 Å². The number of carbonyl (C=O) groups is 1. The molecule has 0 unspecified atom stereocenters. The van der Waals surface area contributed by atoms with E-state index in [-0.39, 0.29) is 0 Å². The third-order valence-electron chi connectivity index (χ3n) is 5.10. The number of para-hydroxylation sites is 3. The minimum Gasteiger partial charge on any atom is -0.464 e. The molecule has 4 aromatic rings. The van der Waals surface area contributed by atoms with Crippen LogP contribution in [0.3, 0.4) is 0 Å². The quantitative estimate of drug-likeness (QED) is 0.416. The number of hydrogen-bond donors (Lipinski definition) is 1. The minimum absolute atomic E-state index is 0.423. The molecule has 0 bridgehead atoms. The highest BCUT2D eigenvalue weighted by Crippen LogP contribution is 2.54. The van der Waals surface area contributed by atoms with E-state index in [4.69, 9.17) is 9.47 Å². The summed E-state index contributed by atoms with van der Waals surface area (Å²) in [4.78, 5) is 16.6. The molecule has 1 N–H and O–H groups in total. The van der Waals surface area contributed by atoms with Gasteiger partial charge in [0.05, 0.1) is 12.1 Å². The van der Waals surface area contributed by atoms with Crippen LogP contribution in [0.1, 0.15) is 11.1 Å². The van der Waals surface area contributed by atoms with Crippen LogP contribution >= 0.6 is 0 Å².